The lowest BCUT2D eigenvalue weighted by atomic mass is 9.96. The number of aryl methyl sites for hydroxylation is 1. The number of likely N-dealkylation sites (tertiary alicyclic amines) is 1. The maximum Gasteiger partial charge on any atom is 0.346 e. The van der Waals surface area contributed by atoms with Crippen molar-refractivity contribution >= 4 is 16.8 Å². The van der Waals surface area contributed by atoms with E-state index in [0.717, 1.165) is 31.5 Å². The summed E-state index contributed by atoms with van der Waals surface area (Å²) >= 11 is 0. The van der Waals surface area contributed by atoms with Crippen LogP contribution in [0.1, 0.15) is 49.9 Å². The van der Waals surface area contributed by atoms with E-state index in [2.05, 4.69) is 10.1 Å². The number of carbonyl (C=O) groups is 1. The number of hydrogen-bond acceptors (Lipinski definition) is 6. The second-order valence-corrected chi connectivity index (χ2v) is 9.15. The molecule has 1 atom stereocenters. The second kappa shape index (κ2) is 9.54. The normalized spacial score (nSPS) is 18.5. The highest BCUT2D eigenvalue weighted by molar-refractivity contribution is 5.77. The highest BCUT2D eigenvalue weighted by Gasteiger charge is 2.35. The zero-order valence-corrected chi connectivity index (χ0v) is 19.4. The van der Waals surface area contributed by atoms with Crippen LogP contribution >= 0.6 is 0 Å². The average Bonchev–Trinajstić information content (AvgIpc) is 3.65. The molecular weight excluding hydrogens is 436 g/mol. The first-order valence-corrected chi connectivity index (χ1v) is 12.0. The maximum absolute atomic E-state index is 13.0. The summed E-state index contributed by atoms with van der Waals surface area (Å²) in [4.78, 5) is 44.9. The molecule has 3 aromatic rings. The largest absolute Gasteiger partial charge is 0.383 e. The Kier molecular flexibility index (Phi) is 6.32. The number of ether oxygens (including phenoxy) is 1. The van der Waals surface area contributed by atoms with Gasteiger partial charge in [0.25, 0.3) is 5.56 Å². The number of piperidine rings is 1. The number of benzene rings is 1. The minimum Gasteiger partial charge on any atom is -0.383 e. The van der Waals surface area contributed by atoms with Crippen molar-refractivity contribution in [1.82, 2.24) is 28.8 Å². The predicted octanol–water partition coefficient (Wildman–Crippen LogP) is 1.53. The monoisotopic (exact) mass is 466 g/mol. The molecule has 10 nitrogen and oxygen atoms in total. The summed E-state index contributed by atoms with van der Waals surface area (Å²) in [6.07, 6.45) is 5.48. The van der Waals surface area contributed by atoms with E-state index >= 15 is 0 Å². The minimum atomic E-state index is -0.134. The van der Waals surface area contributed by atoms with Gasteiger partial charge in [-0.3, -0.25) is 18.7 Å². The quantitative estimate of drug-likeness (QED) is 0.499. The van der Waals surface area contributed by atoms with E-state index in [0.29, 0.717) is 37.1 Å². The third-order valence-electron chi connectivity index (χ3n) is 6.75. The first kappa shape index (κ1) is 22.5. The molecule has 0 N–H and O–H groups in total. The van der Waals surface area contributed by atoms with E-state index in [9.17, 15) is 14.4 Å². The molecule has 2 fully saturated rings. The Hall–Kier alpha value is -3.27. The van der Waals surface area contributed by atoms with Crippen LogP contribution in [0.2, 0.25) is 0 Å². The molecule has 1 saturated heterocycles. The summed E-state index contributed by atoms with van der Waals surface area (Å²) in [5.74, 6) is 0.819. The number of carbonyl (C=O) groups excluding carboxylic acids is 1. The van der Waals surface area contributed by atoms with E-state index in [1.54, 1.807) is 19.2 Å². The van der Waals surface area contributed by atoms with Gasteiger partial charge in [-0.15, -0.1) is 0 Å². The van der Waals surface area contributed by atoms with Gasteiger partial charge in [0, 0.05) is 45.1 Å². The SMILES string of the molecule is COCCn1nc(C2CCCN(C(=O)CCn3cnc4ccccc4c3=O)C2)n(C2CC2)c1=O. The van der Waals surface area contributed by atoms with Gasteiger partial charge in [0.15, 0.2) is 0 Å². The van der Waals surface area contributed by atoms with Crippen molar-refractivity contribution in [2.75, 3.05) is 26.8 Å². The van der Waals surface area contributed by atoms with Gasteiger partial charge >= 0.3 is 5.69 Å². The Morgan fingerprint density at radius 2 is 1.97 bits per heavy atom. The zero-order chi connectivity index (χ0) is 23.7. The van der Waals surface area contributed by atoms with Crippen molar-refractivity contribution < 1.29 is 9.53 Å². The van der Waals surface area contributed by atoms with Gasteiger partial charge in [-0.1, -0.05) is 12.1 Å². The Morgan fingerprint density at radius 3 is 2.76 bits per heavy atom. The second-order valence-electron chi connectivity index (χ2n) is 9.15. The van der Waals surface area contributed by atoms with Crippen LogP contribution < -0.4 is 11.2 Å². The number of aromatic nitrogens is 5. The van der Waals surface area contributed by atoms with Crippen molar-refractivity contribution in [1.29, 1.82) is 0 Å². The molecule has 34 heavy (non-hydrogen) atoms. The molecule has 1 aliphatic heterocycles. The first-order valence-electron chi connectivity index (χ1n) is 12.0. The molecule has 0 bridgehead atoms. The average molecular weight is 467 g/mol. The van der Waals surface area contributed by atoms with E-state index < -0.39 is 0 Å². The Bertz CT molecular complexity index is 1300. The van der Waals surface area contributed by atoms with E-state index in [1.165, 1.54) is 15.6 Å². The summed E-state index contributed by atoms with van der Waals surface area (Å²) in [6.45, 7) is 2.36. The number of rotatable bonds is 8. The lowest BCUT2D eigenvalue weighted by molar-refractivity contribution is -0.132. The van der Waals surface area contributed by atoms with E-state index in [-0.39, 0.29) is 42.1 Å². The first-order chi connectivity index (χ1) is 16.6. The molecule has 5 rings (SSSR count). The molecule has 1 saturated carbocycles. The maximum atomic E-state index is 13.0. The smallest absolute Gasteiger partial charge is 0.346 e. The third-order valence-corrected chi connectivity index (χ3v) is 6.75. The van der Waals surface area contributed by atoms with Crippen molar-refractivity contribution in [3.8, 4) is 0 Å². The van der Waals surface area contributed by atoms with Crippen LogP contribution in [0.5, 0.6) is 0 Å². The third kappa shape index (κ3) is 4.42. The number of para-hydroxylation sites is 1. The molecule has 180 valence electrons. The molecule has 2 aromatic heterocycles. The topological polar surface area (TPSA) is 104 Å². The minimum absolute atomic E-state index is 0.00360. The molecule has 3 heterocycles. The van der Waals surface area contributed by atoms with Gasteiger partial charge < -0.3 is 9.64 Å². The van der Waals surface area contributed by atoms with E-state index in [4.69, 9.17) is 4.74 Å². The molecule has 1 aromatic carbocycles. The van der Waals surface area contributed by atoms with Crippen LogP contribution in [-0.2, 0) is 22.6 Å². The van der Waals surface area contributed by atoms with Gasteiger partial charge in [0.05, 0.1) is 30.4 Å². The summed E-state index contributed by atoms with van der Waals surface area (Å²) < 4.78 is 9.97. The fourth-order valence-corrected chi connectivity index (χ4v) is 4.77. The van der Waals surface area contributed by atoms with Crippen LogP contribution in [0.4, 0.5) is 0 Å². The Morgan fingerprint density at radius 1 is 1.15 bits per heavy atom. The lowest BCUT2D eigenvalue weighted by Crippen LogP contribution is -2.40. The molecule has 2 aliphatic rings. The molecule has 10 heteroatoms. The summed E-state index contributed by atoms with van der Waals surface area (Å²) in [6, 6.07) is 7.43. The van der Waals surface area contributed by atoms with Crippen LogP contribution in [0.3, 0.4) is 0 Å². The van der Waals surface area contributed by atoms with Crippen LogP contribution in [0, 0.1) is 0 Å². The molecule has 0 radical (unpaired) electrons. The molecule has 1 aliphatic carbocycles. The van der Waals surface area contributed by atoms with Crippen molar-refractivity contribution in [3.63, 3.8) is 0 Å². The Labute approximate surface area is 196 Å². The molecule has 0 spiro atoms. The standard InChI is InChI=1S/C24H30N6O4/c1-34-14-13-29-24(33)30(18-8-9-18)22(26-29)17-5-4-11-27(15-17)21(31)10-12-28-16-25-20-7-3-2-6-19(20)23(28)32/h2-3,6-7,16-18H,4-5,8-15H2,1H3. The lowest BCUT2D eigenvalue weighted by Gasteiger charge is -2.32. The fourth-order valence-electron chi connectivity index (χ4n) is 4.77. The van der Waals surface area contributed by atoms with Crippen molar-refractivity contribution in [2.24, 2.45) is 0 Å². The molecular formula is C24H30N6O4. The van der Waals surface area contributed by atoms with Crippen LogP contribution in [-0.4, -0.2) is 61.5 Å². The van der Waals surface area contributed by atoms with Gasteiger partial charge in [0.1, 0.15) is 5.82 Å². The predicted molar refractivity (Wildman–Crippen MR) is 126 cm³/mol. The highest BCUT2D eigenvalue weighted by atomic mass is 16.5. The summed E-state index contributed by atoms with van der Waals surface area (Å²) in [5, 5.41) is 5.21. The van der Waals surface area contributed by atoms with Gasteiger partial charge in [-0.2, -0.15) is 5.10 Å². The van der Waals surface area contributed by atoms with Gasteiger partial charge in [-0.25, -0.2) is 14.5 Å². The Balaban J connectivity index is 1.29. The molecule has 1 amide bonds. The highest BCUT2D eigenvalue weighted by Crippen LogP contribution is 2.37. The van der Waals surface area contributed by atoms with Gasteiger partial charge in [-0.05, 0) is 37.8 Å². The van der Waals surface area contributed by atoms with Crippen LogP contribution in [0.15, 0.2) is 40.2 Å². The number of fused-ring (bicyclic) bond motifs is 1. The number of hydrogen-bond donors (Lipinski definition) is 0. The van der Waals surface area contributed by atoms with E-state index in [1.807, 2.05) is 21.6 Å². The molecule has 1 unspecified atom stereocenters. The van der Waals surface area contributed by atoms with Crippen molar-refractivity contribution in [2.45, 2.75) is 57.2 Å². The number of amides is 1. The number of nitrogens with zero attached hydrogens (tertiary/aromatic N) is 6. The van der Waals surface area contributed by atoms with Crippen molar-refractivity contribution in [3.05, 3.63) is 57.3 Å². The van der Waals surface area contributed by atoms with Gasteiger partial charge in [0.2, 0.25) is 5.91 Å². The summed E-state index contributed by atoms with van der Waals surface area (Å²) in [7, 11) is 1.61. The number of methoxy groups -OCH3 is 1. The summed E-state index contributed by atoms with van der Waals surface area (Å²) in [5.41, 5.74) is 0.437. The van der Waals surface area contributed by atoms with Crippen LogP contribution in [0.25, 0.3) is 10.9 Å². The zero-order valence-electron chi connectivity index (χ0n) is 19.4. The fraction of sp³-hybridized carbons (Fsp3) is 0.542.